The van der Waals surface area contributed by atoms with Gasteiger partial charge in [0.2, 0.25) is 0 Å². The third kappa shape index (κ3) is 3.35. The molecular weight excluding hydrogens is 168 g/mol. The molecule has 1 aliphatic carbocycles. The number of esters is 1. The molecule has 0 aromatic carbocycles. The summed E-state index contributed by atoms with van der Waals surface area (Å²) in [4.78, 5) is 11.5. The Bertz CT molecular complexity index is 193. The van der Waals surface area contributed by atoms with Gasteiger partial charge < -0.3 is 9.84 Å². The highest BCUT2D eigenvalue weighted by molar-refractivity contribution is 5.73. The van der Waals surface area contributed by atoms with E-state index >= 15 is 0 Å². The van der Waals surface area contributed by atoms with Crippen molar-refractivity contribution < 1.29 is 14.6 Å². The van der Waals surface area contributed by atoms with E-state index in [0.29, 0.717) is 6.42 Å². The third-order valence-electron chi connectivity index (χ3n) is 2.15. The van der Waals surface area contributed by atoms with Crippen LogP contribution < -0.4 is 0 Å². The summed E-state index contributed by atoms with van der Waals surface area (Å²) in [5, 5.41) is 9.24. The van der Waals surface area contributed by atoms with E-state index in [-0.39, 0.29) is 18.0 Å². The number of ether oxygens (including phenoxy) is 1. The normalized spacial score (nSPS) is 28.9. The van der Waals surface area contributed by atoms with Crippen LogP contribution in [0.5, 0.6) is 0 Å². The molecule has 1 aliphatic rings. The van der Waals surface area contributed by atoms with Crippen molar-refractivity contribution in [3.8, 4) is 0 Å². The van der Waals surface area contributed by atoms with Gasteiger partial charge in [-0.15, -0.1) is 0 Å². The zero-order valence-electron chi connectivity index (χ0n) is 8.54. The highest BCUT2D eigenvalue weighted by Crippen LogP contribution is 2.27. The van der Waals surface area contributed by atoms with E-state index in [1.54, 1.807) is 0 Å². The maximum Gasteiger partial charge on any atom is 0.309 e. The van der Waals surface area contributed by atoms with Gasteiger partial charge in [-0.05, 0) is 40.0 Å². The molecule has 3 heteroatoms. The summed E-state index contributed by atoms with van der Waals surface area (Å²) in [5.74, 6) is -0.252. The Morgan fingerprint density at radius 2 is 2.00 bits per heavy atom. The lowest BCUT2D eigenvalue weighted by Crippen LogP contribution is -2.28. The van der Waals surface area contributed by atoms with Crippen LogP contribution in [-0.2, 0) is 9.53 Å². The lowest BCUT2D eigenvalue weighted by molar-refractivity contribution is -0.160. The minimum atomic E-state index is -0.412. The second-order valence-electron chi connectivity index (χ2n) is 4.70. The molecule has 1 rings (SSSR count). The molecule has 1 N–H and O–H groups in total. The Morgan fingerprint density at radius 1 is 1.38 bits per heavy atom. The number of aliphatic hydroxyl groups excluding tert-OH is 1. The number of rotatable bonds is 1. The molecule has 3 nitrogen and oxygen atoms in total. The molecule has 0 bridgehead atoms. The van der Waals surface area contributed by atoms with Gasteiger partial charge in [0.15, 0.2) is 0 Å². The van der Waals surface area contributed by atoms with Crippen LogP contribution in [0.1, 0.15) is 40.0 Å². The van der Waals surface area contributed by atoms with Gasteiger partial charge in [0, 0.05) is 0 Å². The average Bonchev–Trinajstić information content (AvgIpc) is 2.31. The van der Waals surface area contributed by atoms with Gasteiger partial charge in [-0.2, -0.15) is 0 Å². The molecule has 0 amide bonds. The number of aliphatic hydroxyl groups is 1. The fourth-order valence-electron chi connectivity index (χ4n) is 1.56. The molecule has 76 valence electrons. The van der Waals surface area contributed by atoms with E-state index in [2.05, 4.69) is 0 Å². The highest BCUT2D eigenvalue weighted by Gasteiger charge is 2.31. The number of hydrogen-bond acceptors (Lipinski definition) is 3. The number of carbonyl (C=O) groups is 1. The van der Waals surface area contributed by atoms with Crippen molar-refractivity contribution in [2.75, 3.05) is 0 Å². The molecule has 0 unspecified atom stereocenters. The minimum Gasteiger partial charge on any atom is -0.460 e. The Kier molecular flexibility index (Phi) is 2.96. The standard InChI is InChI=1S/C10H18O3/c1-10(2,3)13-9(12)7-4-5-8(11)6-7/h7-8,11H,4-6H2,1-3H3/t7-,8+/m1/s1. The van der Waals surface area contributed by atoms with Crippen LogP contribution in [0.4, 0.5) is 0 Å². The average molecular weight is 186 g/mol. The molecule has 0 aliphatic heterocycles. The quantitative estimate of drug-likeness (QED) is 0.631. The summed E-state index contributed by atoms with van der Waals surface area (Å²) in [6.45, 7) is 5.57. The second-order valence-corrected chi connectivity index (χ2v) is 4.70. The molecule has 0 heterocycles. The first-order chi connectivity index (χ1) is 5.88. The van der Waals surface area contributed by atoms with E-state index in [1.807, 2.05) is 20.8 Å². The van der Waals surface area contributed by atoms with Gasteiger partial charge >= 0.3 is 5.97 Å². The topological polar surface area (TPSA) is 46.5 Å². The van der Waals surface area contributed by atoms with E-state index < -0.39 is 5.60 Å². The van der Waals surface area contributed by atoms with Crippen LogP contribution in [0.2, 0.25) is 0 Å². The molecule has 0 aromatic rings. The van der Waals surface area contributed by atoms with E-state index in [0.717, 1.165) is 12.8 Å². The predicted octanol–water partition coefficient (Wildman–Crippen LogP) is 1.49. The molecule has 1 saturated carbocycles. The summed E-state index contributed by atoms with van der Waals surface area (Å²) in [6, 6.07) is 0. The predicted molar refractivity (Wildman–Crippen MR) is 49.2 cm³/mol. The molecule has 1 fully saturated rings. The van der Waals surface area contributed by atoms with Gasteiger partial charge in [0.25, 0.3) is 0 Å². The van der Waals surface area contributed by atoms with E-state index in [9.17, 15) is 9.90 Å². The second kappa shape index (κ2) is 3.66. The maximum absolute atomic E-state index is 11.5. The van der Waals surface area contributed by atoms with Crippen LogP contribution in [0, 0.1) is 5.92 Å². The molecule has 0 saturated heterocycles. The van der Waals surface area contributed by atoms with Crippen molar-refractivity contribution in [1.29, 1.82) is 0 Å². The van der Waals surface area contributed by atoms with Gasteiger partial charge in [0.05, 0.1) is 12.0 Å². The Morgan fingerprint density at radius 3 is 2.38 bits per heavy atom. The van der Waals surface area contributed by atoms with Gasteiger partial charge in [-0.3, -0.25) is 4.79 Å². The smallest absolute Gasteiger partial charge is 0.309 e. The van der Waals surface area contributed by atoms with Crippen LogP contribution in [0.25, 0.3) is 0 Å². The van der Waals surface area contributed by atoms with Crippen LogP contribution >= 0.6 is 0 Å². The molecular formula is C10H18O3. The number of hydrogen-bond donors (Lipinski definition) is 1. The van der Waals surface area contributed by atoms with Crippen molar-refractivity contribution >= 4 is 5.97 Å². The van der Waals surface area contributed by atoms with Crippen LogP contribution in [0.3, 0.4) is 0 Å². The van der Waals surface area contributed by atoms with Crippen molar-refractivity contribution in [2.24, 2.45) is 5.92 Å². The summed E-state index contributed by atoms with van der Waals surface area (Å²) in [5.41, 5.74) is -0.412. The van der Waals surface area contributed by atoms with Crippen molar-refractivity contribution in [2.45, 2.75) is 51.7 Å². The molecule has 2 atom stereocenters. The first-order valence-electron chi connectivity index (χ1n) is 4.79. The van der Waals surface area contributed by atoms with E-state index in [1.165, 1.54) is 0 Å². The summed E-state index contributed by atoms with van der Waals surface area (Å²) < 4.78 is 5.22. The molecule has 13 heavy (non-hydrogen) atoms. The molecule has 0 radical (unpaired) electrons. The summed E-state index contributed by atoms with van der Waals surface area (Å²) in [6.07, 6.45) is 1.74. The Labute approximate surface area is 79.1 Å². The van der Waals surface area contributed by atoms with Crippen molar-refractivity contribution in [1.82, 2.24) is 0 Å². The number of carbonyl (C=O) groups excluding carboxylic acids is 1. The zero-order valence-corrected chi connectivity index (χ0v) is 8.54. The lowest BCUT2D eigenvalue weighted by atomic mass is 10.1. The van der Waals surface area contributed by atoms with Crippen molar-refractivity contribution in [3.63, 3.8) is 0 Å². The van der Waals surface area contributed by atoms with Crippen LogP contribution in [0.15, 0.2) is 0 Å². The Balaban J connectivity index is 2.41. The Hall–Kier alpha value is -0.570. The van der Waals surface area contributed by atoms with Gasteiger partial charge in [0.1, 0.15) is 5.60 Å². The maximum atomic E-state index is 11.5. The van der Waals surface area contributed by atoms with E-state index in [4.69, 9.17) is 4.74 Å². The highest BCUT2D eigenvalue weighted by atomic mass is 16.6. The molecule has 0 aromatic heterocycles. The largest absolute Gasteiger partial charge is 0.460 e. The molecule has 0 spiro atoms. The third-order valence-corrected chi connectivity index (χ3v) is 2.15. The zero-order chi connectivity index (χ0) is 10.1. The fraction of sp³-hybridized carbons (Fsp3) is 0.900. The fourth-order valence-corrected chi connectivity index (χ4v) is 1.56. The summed E-state index contributed by atoms with van der Waals surface area (Å²) in [7, 11) is 0. The SMILES string of the molecule is CC(C)(C)OC(=O)[C@@H]1CC[C@H](O)C1. The van der Waals surface area contributed by atoms with Gasteiger partial charge in [-0.1, -0.05) is 0 Å². The first kappa shape index (κ1) is 10.5. The lowest BCUT2D eigenvalue weighted by Gasteiger charge is -2.21. The van der Waals surface area contributed by atoms with Crippen LogP contribution in [-0.4, -0.2) is 22.8 Å². The monoisotopic (exact) mass is 186 g/mol. The van der Waals surface area contributed by atoms with Gasteiger partial charge in [-0.25, -0.2) is 0 Å². The summed E-state index contributed by atoms with van der Waals surface area (Å²) >= 11 is 0. The first-order valence-corrected chi connectivity index (χ1v) is 4.79. The van der Waals surface area contributed by atoms with Crippen molar-refractivity contribution in [3.05, 3.63) is 0 Å². The minimum absolute atomic E-state index is 0.0887.